The molecule has 0 N–H and O–H groups in total. The maximum Gasteiger partial charge on any atom is 0.135 e. The number of rotatable bonds is 7. The number of hydrogen-bond donors (Lipinski definition) is 0. The molecule has 0 radical (unpaired) electrons. The van der Waals surface area contributed by atoms with Gasteiger partial charge >= 0.3 is 0 Å². The second-order valence-corrected chi connectivity index (χ2v) is 5.44. The van der Waals surface area contributed by atoms with Crippen molar-refractivity contribution in [1.29, 1.82) is 0 Å². The SMILES string of the molecule is C/C=C\[C@@H](C)[C@@H](O[C@@H](C)c1ccccc1)[C@H](C)C(C)=O. The second-order valence-electron chi connectivity index (χ2n) is 5.44. The van der Waals surface area contributed by atoms with Crippen molar-refractivity contribution in [2.75, 3.05) is 0 Å². The van der Waals surface area contributed by atoms with Gasteiger partial charge in [-0.25, -0.2) is 0 Å². The van der Waals surface area contributed by atoms with Crippen LogP contribution in [0.3, 0.4) is 0 Å². The lowest BCUT2D eigenvalue weighted by atomic mass is 9.90. The summed E-state index contributed by atoms with van der Waals surface area (Å²) in [6.45, 7) is 9.72. The van der Waals surface area contributed by atoms with Crippen LogP contribution in [0.15, 0.2) is 42.5 Å². The zero-order valence-electron chi connectivity index (χ0n) is 13.2. The van der Waals surface area contributed by atoms with Crippen molar-refractivity contribution in [2.24, 2.45) is 11.8 Å². The van der Waals surface area contributed by atoms with Gasteiger partial charge in [0.25, 0.3) is 0 Å². The molecule has 20 heavy (non-hydrogen) atoms. The normalized spacial score (nSPS) is 17.6. The molecule has 0 fully saturated rings. The fourth-order valence-electron chi connectivity index (χ4n) is 2.38. The van der Waals surface area contributed by atoms with Gasteiger partial charge in [-0.1, -0.05) is 56.3 Å². The molecule has 110 valence electrons. The van der Waals surface area contributed by atoms with Crippen molar-refractivity contribution in [3.8, 4) is 0 Å². The van der Waals surface area contributed by atoms with E-state index in [1.165, 1.54) is 0 Å². The third-order valence-corrected chi connectivity index (χ3v) is 3.78. The monoisotopic (exact) mass is 274 g/mol. The number of carbonyl (C=O) groups excluding carboxylic acids is 1. The highest BCUT2D eigenvalue weighted by atomic mass is 16.5. The average Bonchev–Trinajstić information content (AvgIpc) is 2.44. The first-order valence-electron chi connectivity index (χ1n) is 7.31. The third kappa shape index (κ3) is 4.61. The Hall–Kier alpha value is -1.41. The summed E-state index contributed by atoms with van der Waals surface area (Å²) in [5, 5.41) is 0. The van der Waals surface area contributed by atoms with Crippen molar-refractivity contribution in [3.05, 3.63) is 48.0 Å². The van der Waals surface area contributed by atoms with Gasteiger partial charge in [0.1, 0.15) is 5.78 Å². The van der Waals surface area contributed by atoms with E-state index in [0.717, 1.165) is 5.56 Å². The van der Waals surface area contributed by atoms with Crippen molar-refractivity contribution >= 4 is 5.78 Å². The van der Waals surface area contributed by atoms with E-state index >= 15 is 0 Å². The van der Waals surface area contributed by atoms with Crippen LogP contribution in [0.5, 0.6) is 0 Å². The fraction of sp³-hybridized carbons (Fsp3) is 0.500. The summed E-state index contributed by atoms with van der Waals surface area (Å²) in [6.07, 6.45) is 4.00. The number of hydrogen-bond acceptors (Lipinski definition) is 2. The molecule has 0 aliphatic rings. The van der Waals surface area contributed by atoms with E-state index in [-0.39, 0.29) is 29.8 Å². The van der Waals surface area contributed by atoms with E-state index < -0.39 is 0 Å². The molecule has 0 spiro atoms. The van der Waals surface area contributed by atoms with Gasteiger partial charge in [0.2, 0.25) is 0 Å². The molecule has 0 heterocycles. The van der Waals surface area contributed by atoms with Gasteiger partial charge < -0.3 is 4.74 Å². The molecule has 0 bridgehead atoms. The van der Waals surface area contributed by atoms with Crippen LogP contribution in [-0.2, 0) is 9.53 Å². The van der Waals surface area contributed by atoms with Crippen LogP contribution in [0, 0.1) is 11.8 Å². The van der Waals surface area contributed by atoms with Crippen LogP contribution in [0.1, 0.15) is 46.3 Å². The number of ketones is 1. The molecule has 0 saturated carbocycles. The summed E-state index contributed by atoms with van der Waals surface area (Å²) in [5.74, 6) is 0.282. The third-order valence-electron chi connectivity index (χ3n) is 3.78. The summed E-state index contributed by atoms with van der Waals surface area (Å²) < 4.78 is 6.20. The molecule has 0 unspecified atom stereocenters. The molecule has 0 aromatic heterocycles. The van der Waals surface area contributed by atoms with Crippen LogP contribution >= 0.6 is 0 Å². The van der Waals surface area contributed by atoms with Gasteiger partial charge in [0, 0.05) is 11.8 Å². The number of ether oxygens (including phenoxy) is 1. The summed E-state index contributed by atoms with van der Waals surface area (Å²) in [6, 6.07) is 10.1. The van der Waals surface area contributed by atoms with Crippen LogP contribution in [0.4, 0.5) is 0 Å². The van der Waals surface area contributed by atoms with Crippen molar-refractivity contribution in [2.45, 2.75) is 46.8 Å². The first-order chi connectivity index (χ1) is 9.47. The fourth-order valence-corrected chi connectivity index (χ4v) is 2.38. The molecule has 4 atom stereocenters. The minimum Gasteiger partial charge on any atom is -0.369 e. The topological polar surface area (TPSA) is 26.3 Å². The van der Waals surface area contributed by atoms with E-state index in [4.69, 9.17) is 4.74 Å². The maximum absolute atomic E-state index is 11.7. The quantitative estimate of drug-likeness (QED) is 0.681. The first-order valence-corrected chi connectivity index (χ1v) is 7.31. The van der Waals surface area contributed by atoms with E-state index in [2.05, 4.69) is 25.1 Å². The summed E-state index contributed by atoms with van der Waals surface area (Å²) in [4.78, 5) is 11.7. The average molecular weight is 274 g/mol. The Kier molecular flexibility index (Phi) is 6.66. The van der Waals surface area contributed by atoms with Crippen LogP contribution in [0.2, 0.25) is 0 Å². The highest BCUT2D eigenvalue weighted by Gasteiger charge is 2.28. The zero-order chi connectivity index (χ0) is 15.1. The highest BCUT2D eigenvalue weighted by Crippen LogP contribution is 2.26. The molecule has 0 aliphatic carbocycles. The van der Waals surface area contributed by atoms with E-state index in [0.29, 0.717) is 0 Å². The number of carbonyl (C=O) groups is 1. The molecule has 2 nitrogen and oxygen atoms in total. The Balaban J connectivity index is 2.86. The molecule has 1 rings (SSSR count). The Labute approximate surface area is 122 Å². The molecule has 1 aromatic carbocycles. The Morgan fingerprint density at radius 2 is 1.75 bits per heavy atom. The van der Waals surface area contributed by atoms with E-state index in [9.17, 15) is 4.79 Å². The minimum atomic E-state index is -0.104. The largest absolute Gasteiger partial charge is 0.369 e. The first kappa shape index (κ1) is 16.6. The van der Waals surface area contributed by atoms with Crippen LogP contribution in [0.25, 0.3) is 0 Å². The van der Waals surface area contributed by atoms with Crippen molar-refractivity contribution < 1.29 is 9.53 Å². The predicted molar refractivity (Wildman–Crippen MR) is 83.6 cm³/mol. The van der Waals surface area contributed by atoms with Gasteiger partial charge in [-0.15, -0.1) is 0 Å². The lowest BCUT2D eigenvalue weighted by Crippen LogP contribution is -2.33. The minimum absolute atomic E-state index is 0.0179. The predicted octanol–water partition coefficient (Wildman–Crippen LogP) is 4.57. The van der Waals surface area contributed by atoms with Gasteiger partial charge in [-0.2, -0.15) is 0 Å². The van der Waals surface area contributed by atoms with Crippen LogP contribution < -0.4 is 0 Å². The van der Waals surface area contributed by atoms with Gasteiger partial charge in [-0.3, -0.25) is 4.79 Å². The Morgan fingerprint density at radius 1 is 1.15 bits per heavy atom. The lowest BCUT2D eigenvalue weighted by Gasteiger charge is -2.30. The number of allylic oxidation sites excluding steroid dienone is 1. The number of benzene rings is 1. The van der Waals surface area contributed by atoms with Crippen molar-refractivity contribution in [1.82, 2.24) is 0 Å². The summed E-state index contributed by atoms with van der Waals surface area (Å²) in [5.41, 5.74) is 1.14. The van der Waals surface area contributed by atoms with E-state index in [1.807, 2.05) is 45.0 Å². The maximum atomic E-state index is 11.7. The van der Waals surface area contributed by atoms with E-state index in [1.54, 1.807) is 6.92 Å². The van der Waals surface area contributed by atoms with Gasteiger partial charge in [0.15, 0.2) is 0 Å². The molecule has 0 amide bonds. The highest BCUT2D eigenvalue weighted by molar-refractivity contribution is 5.78. The van der Waals surface area contributed by atoms with Crippen LogP contribution in [-0.4, -0.2) is 11.9 Å². The Bertz CT molecular complexity index is 436. The van der Waals surface area contributed by atoms with Gasteiger partial charge in [0.05, 0.1) is 12.2 Å². The second kappa shape index (κ2) is 8.01. The molecule has 1 aromatic rings. The molecular formula is C18H26O2. The lowest BCUT2D eigenvalue weighted by molar-refractivity contribution is -0.129. The molecule has 2 heteroatoms. The summed E-state index contributed by atoms with van der Waals surface area (Å²) in [7, 11) is 0. The molecule has 0 aliphatic heterocycles. The van der Waals surface area contributed by atoms with Crippen molar-refractivity contribution in [3.63, 3.8) is 0 Å². The van der Waals surface area contributed by atoms with Gasteiger partial charge in [-0.05, 0) is 26.3 Å². The zero-order valence-corrected chi connectivity index (χ0v) is 13.2. The summed E-state index contributed by atoms with van der Waals surface area (Å²) >= 11 is 0. The standard InChI is InChI=1S/C18H26O2/c1-6-10-13(2)18(14(3)15(4)19)20-16(5)17-11-8-7-9-12-17/h6-14,16,18H,1-5H3/b10-6-/t13-,14-,16+,18-/m1/s1. The Morgan fingerprint density at radius 3 is 2.25 bits per heavy atom. The number of Topliss-reactive ketones (excluding diaryl/α,β-unsaturated/α-hetero) is 1. The molecule has 0 saturated heterocycles. The smallest absolute Gasteiger partial charge is 0.135 e. The molecular weight excluding hydrogens is 248 g/mol.